The lowest BCUT2D eigenvalue weighted by atomic mass is 9.63. The van der Waals surface area contributed by atoms with Crippen molar-refractivity contribution in [2.24, 2.45) is 0 Å². The minimum atomic E-state index is -3.82. The zero-order valence-electron chi connectivity index (χ0n) is 17.9. The maximum absolute atomic E-state index is 13.6. The van der Waals surface area contributed by atoms with Gasteiger partial charge in [0.05, 0.1) is 6.61 Å². The predicted molar refractivity (Wildman–Crippen MR) is 120 cm³/mol. The maximum atomic E-state index is 13.6. The van der Waals surface area contributed by atoms with E-state index in [0.29, 0.717) is 0 Å². The van der Waals surface area contributed by atoms with Crippen molar-refractivity contribution < 1.29 is 39.6 Å². The van der Waals surface area contributed by atoms with Crippen LogP contribution in [0.2, 0.25) is 0 Å². The van der Waals surface area contributed by atoms with E-state index >= 15 is 0 Å². The van der Waals surface area contributed by atoms with E-state index in [1.807, 2.05) is 0 Å². The number of Topliss-reactive ketones (excluding diaryl/α,β-unsaturated/α-hetero) is 3. The minimum Gasteiger partial charge on any atom is -0.393 e. The monoisotopic (exact) mass is 462 g/mol. The van der Waals surface area contributed by atoms with Gasteiger partial charge in [-0.2, -0.15) is 0 Å². The maximum Gasteiger partial charge on any atom is 0.222 e. The highest BCUT2D eigenvalue weighted by Crippen LogP contribution is 2.39. The van der Waals surface area contributed by atoms with Gasteiger partial charge in [0.15, 0.2) is 17.7 Å². The fourth-order valence-corrected chi connectivity index (χ4v) is 3.77. The molecule has 0 saturated carbocycles. The van der Waals surface area contributed by atoms with Crippen LogP contribution in [0.3, 0.4) is 0 Å². The Kier molecular flexibility index (Phi) is 6.99. The Morgan fingerprint density at radius 1 is 0.618 bits per heavy atom. The van der Waals surface area contributed by atoms with Crippen molar-refractivity contribution in [1.29, 1.82) is 0 Å². The first-order valence-electron chi connectivity index (χ1n) is 10.2. The largest absolute Gasteiger partial charge is 0.393 e. The number of aldehydes is 1. The molecule has 0 saturated heterocycles. The molecule has 8 nitrogen and oxygen atoms in total. The summed E-state index contributed by atoms with van der Waals surface area (Å²) in [6, 6.07) is 20.3. The Morgan fingerprint density at radius 3 is 1.32 bits per heavy atom. The van der Waals surface area contributed by atoms with Crippen LogP contribution in [0, 0.1) is 0 Å². The van der Waals surface area contributed by atoms with Crippen LogP contribution in [-0.2, 0) is 4.79 Å². The minimum absolute atomic E-state index is 0.251. The smallest absolute Gasteiger partial charge is 0.222 e. The van der Waals surface area contributed by atoms with Gasteiger partial charge in [0.2, 0.25) is 22.8 Å². The summed E-state index contributed by atoms with van der Waals surface area (Å²) in [4.78, 5) is 52.5. The summed E-state index contributed by atoms with van der Waals surface area (Å²) in [6.07, 6.45) is -0.415. The van der Waals surface area contributed by atoms with E-state index in [4.69, 9.17) is 0 Å². The van der Waals surface area contributed by atoms with E-state index in [0.717, 1.165) is 0 Å². The Hall–Kier alpha value is -3.82. The molecule has 3 aromatic carbocycles. The van der Waals surface area contributed by atoms with Crippen LogP contribution >= 0.6 is 0 Å². The van der Waals surface area contributed by atoms with Crippen LogP contribution in [0.25, 0.3) is 0 Å². The standard InChI is InChI=1S/C26H22O8/c27-16-24(32,21(29)18-10-4-1-5-11-18)26(34,23(31)20-14-8-3-9-15-20)25(33,17-28)22(30)19-12-6-2-7-13-19/h1-16,28,32-34H,17H2. The van der Waals surface area contributed by atoms with Crippen molar-refractivity contribution in [3.63, 3.8) is 0 Å². The Bertz CT molecular complexity index is 1200. The SMILES string of the molecule is O=CC(O)(C(=O)c1ccccc1)C(O)(C(=O)c1ccccc1)C(O)(CO)C(=O)c1ccccc1. The van der Waals surface area contributed by atoms with Gasteiger partial charge in [-0.25, -0.2) is 0 Å². The highest BCUT2D eigenvalue weighted by Gasteiger charge is 2.72. The number of aliphatic hydroxyl groups excluding tert-OH is 1. The molecule has 0 aliphatic carbocycles. The van der Waals surface area contributed by atoms with E-state index in [1.54, 1.807) is 12.1 Å². The van der Waals surface area contributed by atoms with E-state index in [1.165, 1.54) is 78.9 Å². The second-order valence-corrected chi connectivity index (χ2v) is 7.70. The molecule has 0 bridgehead atoms. The summed E-state index contributed by atoms with van der Waals surface area (Å²) in [5.74, 6) is -4.36. The number of benzene rings is 3. The number of aliphatic hydroxyl groups is 4. The van der Waals surface area contributed by atoms with Gasteiger partial charge in [0, 0.05) is 16.7 Å². The molecule has 0 aliphatic heterocycles. The van der Waals surface area contributed by atoms with E-state index in [9.17, 15) is 39.6 Å². The van der Waals surface area contributed by atoms with Crippen molar-refractivity contribution in [2.45, 2.75) is 16.8 Å². The van der Waals surface area contributed by atoms with Crippen molar-refractivity contribution >= 4 is 23.6 Å². The highest BCUT2D eigenvalue weighted by molar-refractivity contribution is 6.22. The lowest BCUT2D eigenvalue weighted by Gasteiger charge is -2.46. The summed E-state index contributed by atoms with van der Waals surface area (Å²) in [5, 5.41) is 44.6. The molecule has 3 unspecified atom stereocenters. The fraction of sp³-hybridized carbons (Fsp3) is 0.154. The first-order chi connectivity index (χ1) is 16.2. The van der Waals surface area contributed by atoms with Crippen LogP contribution in [0.15, 0.2) is 91.0 Å². The third-order valence-corrected chi connectivity index (χ3v) is 5.71. The number of ketones is 3. The van der Waals surface area contributed by atoms with Crippen molar-refractivity contribution in [3.8, 4) is 0 Å². The summed E-state index contributed by atoms with van der Waals surface area (Å²) in [5.41, 5.74) is -11.9. The molecule has 0 aliphatic rings. The third-order valence-electron chi connectivity index (χ3n) is 5.71. The molecule has 3 atom stereocenters. The van der Waals surface area contributed by atoms with Crippen LogP contribution < -0.4 is 0 Å². The van der Waals surface area contributed by atoms with Crippen LogP contribution in [0.5, 0.6) is 0 Å². The van der Waals surface area contributed by atoms with Gasteiger partial charge in [-0.05, 0) is 0 Å². The second kappa shape index (κ2) is 9.58. The van der Waals surface area contributed by atoms with Gasteiger partial charge in [-0.15, -0.1) is 0 Å². The molecule has 174 valence electrons. The Morgan fingerprint density at radius 2 is 0.971 bits per heavy atom. The highest BCUT2D eigenvalue weighted by atomic mass is 16.4. The normalized spacial score (nSPS) is 16.4. The van der Waals surface area contributed by atoms with Gasteiger partial charge in [0.25, 0.3) is 0 Å². The zero-order chi connectivity index (χ0) is 25.0. The number of hydrogen-bond acceptors (Lipinski definition) is 8. The van der Waals surface area contributed by atoms with Crippen molar-refractivity contribution in [2.75, 3.05) is 6.61 Å². The first kappa shape index (κ1) is 24.8. The Balaban J connectivity index is 2.33. The van der Waals surface area contributed by atoms with E-state index in [2.05, 4.69) is 0 Å². The lowest BCUT2D eigenvalue weighted by Crippen LogP contribution is -2.78. The predicted octanol–water partition coefficient (Wildman–Crippen LogP) is 1.02. The molecule has 0 heterocycles. The zero-order valence-corrected chi connectivity index (χ0v) is 17.9. The summed E-state index contributed by atoms with van der Waals surface area (Å²) < 4.78 is 0. The summed E-state index contributed by atoms with van der Waals surface area (Å²) >= 11 is 0. The van der Waals surface area contributed by atoms with Gasteiger partial charge in [-0.3, -0.25) is 19.2 Å². The average Bonchev–Trinajstić information content (AvgIpc) is 2.91. The van der Waals surface area contributed by atoms with Crippen molar-refractivity contribution in [3.05, 3.63) is 108 Å². The lowest BCUT2D eigenvalue weighted by molar-refractivity contribution is -0.188. The molecule has 4 N–H and O–H groups in total. The topological polar surface area (TPSA) is 149 Å². The van der Waals surface area contributed by atoms with E-state index in [-0.39, 0.29) is 16.7 Å². The number of carbonyl (C=O) groups is 4. The van der Waals surface area contributed by atoms with Gasteiger partial charge in [0.1, 0.15) is 0 Å². The fourth-order valence-electron chi connectivity index (χ4n) is 3.77. The van der Waals surface area contributed by atoms with Crippen LogP contribution in [0.4, 0.5) is 0 Å². The van der Waals surface area contributed by atoms with Gasteiger partial charge in [-0.1, -0.05) is 91.0 Å². The van der Waals surface area contributed by atoms with Gasteiger partial charge >= 0.3 is 0 Å². The molecule has 0 spiro atoms. The summed E-state index contributed by atoms with van der Waals surface area (Å²) in [6.45, 7) is -1.60. The second-order valence-electron chi connectivity index (χ2n) is 7.70. The van der Waals surface area contributed by atoms with Crippen LogP contribution in [-0.4, -0.2) is 67.5 Å². The molecule has 3 rings (SSSR count). The van der Waals surface area contributed by atoms with Crippen LogP contribution in [0.1, 0.15) is 31.1 Å². The third kappa shape index (κ3) is 3.78. The molecule has 0 aromatic heterocycles. The molecule has 8 heteroatoms. The number of rotatable bonds is 10. The van der Waals surface area contributed by atoms with Gasteiger partial charge < -0.3 is 20.4 Å². The molecule has 0 radical (unpaired) electrons. The quantitative estimate of drug-likeness (QED) is 0.198. The van der Waals surface area contributed by atoms with E-state index < -0.39 is 47.0 Å². The number of hydrogen-bond donors (Lipinski definition) is 4. The summed E-state index contributed by atoms with van der Waals surface area (Å²) in [7, 11) is 0. The molecule has 3 aromatic rings. The van der Waals surface area contributed by atoms with Crippen molar-refractivity contribution in [1.82, 2.24) is 0 Å². The first-order valence-corrected chi connectivity index (χ1v) is 10.2. The molecular weight excluding hydrogens is 440 g/mol. The molecule has 0 fully saturated rings. The average molecular weight is 462 g/mol. The molecular formula is C26H22O8. The number of carbonyl (C=O) groups excluding carboxylic acids is 4. The molecule has 34 heavy (non-hydrogen) atoms. The Labute approximate surface area is 194 Å². The molecule has 0 amide bonds.